The molecule has 2 amide bonds. The Kier molecular flexibility index (Phi) is 3.61. The highest BCUT2D eigenvalue weighted by Crippen LogP contribution is 2.17. The Morgan fingerprint density at radius 1 is 1.25 bits per heavy atom. The number of amides is 2. The van der Waals surface area contributed by atoms with Gasteiger partial charge in [0.1, 0.15) is 11.2 Å². The fraction of sp³-hybridized carbons (Fsp3) is 0.200. The third kappa shape index (κ3) is 2.88. The van der Waals surface area contributed by atoms with Gasteiger partial charge in [0.05, 0.1) is 0 Å². The molecular weight excluding hydrogens is 254 g/mol. The van der Waals surface area contributed by atoms with Crippen molar-refractivity contribution < 1.29 is 9.59 Å². The van der Waals surface area contributed by atoms with E-state index >= 15 is 0 Å². The van der Waals surface area contributed by atoms with Gasteiger partial charge in [-0.25, -0.2) is 0 Å². The second-order valence-electron chi connectivity index (χ2n) is 4.95. The summed E-state index contributed by atoms with van der Waals surface area (Å²) in [7, 11) is 0. The average molecular weight is 271 g/mol. The minimum atomic E-state index is -1.01. The highest BCUT2D eigenvalue weighted by Gasteiger charge is 2.33. The molecular formula is C15H17N3O2. The second-order valence-corrected chi connectivity index (χ2v) is 4.95. The van der Waals surface area contributed by atoms with Crippen LogP contribution in [0, 0.1) is 6.92 Å². The lowest BCUT2D eigenvalue weighted by atomic mass is 9.96. The molecule has 1 aliphatic rings. The van der Waals surface area contributed by atoms with Gasteiger partial charge in [-0.05, 0) is 32.1 Å². The molecule has 0 aliphatic carbocycles. The number of benzene rings is 1. The predicted octanol–water partition coefficient (Wildman–Crippen LogP) is 1.22. The molecule has 0 bridgehead atoms. The summed E-state index contributed by atoms with van der Waals surface area (Å²) in [4.78, 5) is 23.5. The number of carbonyl (C=O) groups is 2. The van der Waals surface area contributed by atoms with Crippen LogP contribution in [0.5, 0.6) is 0 Å². The number of allylic oxidation sites excluding steroid dienone is 2. The summed E-state index contributed by atoms with van der Waals surface area (Å²) < 4.78 is 0. The van der Waals surface area contributed by atoms with E-state index < -0.39 is 11.4 Å². The number of hydrogen-bond acceptors (Lipinski definition) is 3. The van der Waals surface area contributed by atoms with E-state index in [-0.39, 0.29) is 11.6 Å². The van der Waals surface area contributed by atoms with E-state index in [0.717, 1.165) is 5.56 Å². The molecule has 104 valence electrons. The molecule has 0 saturated carbocycles. The zero-order valence-electron chi connectivity index (χ0n) is 11.4. The number of rotatable bonds is 3. The van der Waals surface area contributed by atoms with E-state index in [4.69, 9.17) is 5.73 Å². The first-order chi connectivity index (χ1) is 9.40. The van der Waals surface area contributed by atoms with Crippen molar-refractivity contribution in [3.63, 3.8) is 0 Å². The third-order valence-electron chi connectivity index (χ3n) is 3.13. The van der Waals surface area contributed by atoms with Gasteiger partial charge in [-0.1, -0.05) is 29.8 Å². The maximum absolute atomic E-state index is 12.3. The minimum absolute atomic E-state index is 0.217. The standard InChI is InChI=1S/C15H17N3O2/c1-10-5-7-11(8-6-10)17-14(20)15(2)9-3-4-12(18-15)13(16)19/h3-9,18H,1-2H3,(H2,16,19)(H,17,20). The average Bonchev–Trinajstić information content (AvgIpc) is 2.41. The first-order valence-electron chi connectivity index (χ1n) is 6.26. The first kappa shape index (κ1) is 13.9. The van der Waals surface area contributed by atoms with Gasteiger partial charge in [-0.3, -0.25) is 9.59 Å². The van der Waals surface area contributed by atoms with Crippen LogP contribution in [0.4, 0.5) is 5.69 Å². The van der Waals surface area contributed by atoms with E-state index in [0.29, 0.717) is 5.69 Å². The summed E-state index contributed by atoms with van der Waals surface area (Å²) >= 11 is 0. The third-order valence-corrected chi connectivity index (χ3v) is 3.13. The topological polar surface area (TPSA) is 84.2 Å². The van der Waals surface area contributed by atoms with E-state index in [9.17, 15) is 9.59 Å². The second kappa shape index (κ2) is 5.21. The van der Waals surface area contributed by atoms with Crippen LogP contribution >= 0.6 is 0 Å². The molecule has 0 radical (unpaired) electrons. The monoisotopic (exact) mass is 271 g/mol. The molecule has 5 heteroatoms. The van der Waals surface area contributed by atoms with Crippen molar-refractivity contribution in [2.24, 2.45) is 5.73 Å². The van der Waals surface area contributed by atoms with Gasteiger partial charge in [0, 0.05) is 5.69 Å². The van der Waals surface area contributed by atoms with Crippen LogP contribution in [0.25, 0.3) is 0 Å². The van der Waals surface area contributed by atoms with E-state index in [1.54, 1.807) is 25.2 Å². The highest BCUT2D eigenvalue weighted by molar-refractivity contribution is 6.02. The summed E-state index contributed by atoms with van der Waals surface area (Å²) in [6.45, 7) is 3.66. The van der Waals surface area contributed by atoms with Gasteiger partial charge < -0.3 is 16.4 Å². The number of carbonyl (C=O) groups excluding carboxylic acids is 2. The maximum Gasteiger partial charge on any atom is 0.264 e. The maximum atomic E-state index is 12.3. The van der Waals surface area contributed by atoms with Crippen LogP contribution in [0.15, 0.2) is 48.2 Å². The van der Waals surface area contributed by atoms with Crippen LogP contribution in [0.3, 0.4) is 0 Å². The molecule has 2 rings (SSSR count). The molecule has 1 atom stereocenters. The molecule has 1 aromatic carbocycles. The fourth-order valence-electron chi connectivity index (χ4n) is 1.87. The van der Waals surface area contributed by atoms with Crippen LogP contribution in [0.1, 0.15) is 12.5 Å². The Balaban J connectivity index is 2.13. The Bertz CT molecular complexity index is 602. The van der Waals surface area contributed by atoms with Gasteiger partial charge >= 0.3 is 0 Å². The Labute approximate surface area is 117 Å². The lowest BCUT2D eigenvalue weighted by molar-refractivity contribution is -0.120. The lowest BCUT2D eigenvalue weighted by Gasteiger charge is -2.30. The van der Waals surface area contributed by atoms with Crippen LogP contribution in [-0.2, 0) is 9.59 Å². The molecule has 0 spiro atoms. The quantitative estimate of drug-likeness (QED) is 0.773. The summed E-state index contributed by atoms with van der Waals surface area (Å²) in [6, 6.07) is 7.48. The van der Waals surface area contributed by atoms with Gasteiger partial charge in [0.25, 0.3) is 11.8 Å². The Hall–Kier alpha value is -2.56. The highest BCUT2D eigenvalue weighted by atomic mass is 16.2. The van der Waals surface area contributed by atoms with Crippen molar-refractivity contribution in [3.8, 4) is 0 Å². The lowest BCUT2D eigenvalue weighted by Crippen LogP contribution is -2.53. The summed E-state index contributed by atoms with van der Waals surface area (Å²) in [5.41, 5.74) is 6.24. The SMILES string of the molecule is Cc1ccc(NC(=O)C2(C)C=CC=C(C(N)=O)N2)cc1. The number of nitrogens with two attached hydrogens (primary N) is 1. The number of hydrogen-bond donors (Lipinski definition) is 3. The first-order valence-corrected chi connectivity index (χ1v) is 6.26. The molecule has 1 unspecified atom stereocenters. The van der Waals surface area contributed by atoms with Crippen molar-refractivity contribution in [3.05, 3.63) is 53.8 Å². The van der Waals surface area contributed by atoms with E-state index in [1.165, 1.54) is 0 Å². The van der Waals surface area contributed by atoms with Crippen LogP contribution in [-0.4, -0.2) is 17.4 Å². The zero-order chi connectivity index (χ0) is 14.8. The van der Waals surface area contributed by atoms with Crippen molar-refractivity contribution in [1.29, 1.82) is 0 Å². The van der Waals surface area contributed by atoms with Crippen molar-refractivity contribution in [2.45, 2.75) is 19.4 Å². The fourth-order valence-corrected chi connectivity index (χ4v) is 1.87. The van der Waals surface area contributed by atoms with E-state index in [2.05, 4.69) is 10.6 Å². The number of aryl methyl sites for hydroxylation is 1. The summed E-state index contributed by atoms with van der Waals surface area (Å²) in [6.07, 6.45) is 4.87. The molecule has 20 heavy (non-hydrogen) atoms. The molecule has 0 aromatic heterocycles. The molecule has 0 fully saturated rings. The summed E-state index contributed by atoms with van der Waals surface area (Å²) in [5.74, 6) is -0.854. The zero-order valence-corrected chi connectivity index (χ0v) is 11.4. The van der Waals surface area contributed by atoms with Crippen molar-refractivity contribution in [1.82, 2.24) is 5.32 Å². The summed E-state index contributed by atoms with van der Waals surface area (Å²) in [5, 5.41) is 5.66. The molecule has 4 N–H and O–H groups in total. The number of dihydropyridines is 1. The normalized spacial score (nSPS) is 20.8. The van der Waals surface area contributed by atoms with Crippen LogP contribution < -0.4 is 16.4 Å². The Morgan fingerprint density at radius 2 is 1.90 bits per heavy atom. The molecule has 5 nitrogen and oxygen atoms in total. The molecule has 1 heterocycles. The Morgan fingerprint density at radius 3 is 2.50 bits per heavy atom. The van der Waals surface area contributed by atoms with Gasteiger partial charge in [0.15, 0.2) is 0 Å². The molecule has 1 aromatic rings. The smallest absolute Gasteiger partial charge is 0.264 e. The van der Waals surface area contributed by atoms with Crippen LogP contribution in [0.2, 0.25) is 0 Å². The van der Waals surface area contributed by atoms with Gasteiger partial charge in [0.2, 0.25) is 0 Å². The minimum Gasteiger partial charge on any atom is -0.364 e. The number of anilines is 1. The van der Waals surface area contributed by atoms with Gasteiger partial charge in [-0.2, -0.15) is 0 Å². The largest absolute Gasteiger partial charge is 0.364 e. The molecule has 1 aliphatic heterocycles. The number of nitrogens with one attached hydrogen (secondary N) is 2. The van der Waals surface area contributed by atoms with Gasteiger partial charge in [-0.15, -0.1) is 0 Å². The van der Waals surface area contributed by atoms with Crippen molar-refractivity contribution in [2.75, 3.05) is 5.32 Å². The predicted molar refractivity (Wildman–Crippen MR) is 77.8 cm³/mol. The molecule has 0 saturated heterocycles. The number of primary amides is 1. The van der Waals surface area contributed by atoms with E-state index in [1.807, 2.05) is 31.2 Å². The van der Waals surface area contributed by atoms with Crippen molar-refractivity contribution >= 4 is 17.5 Å².